The number of phenols is 1. The zero-order chi connectivity index (χ0) is 14.5. The molecule has 0 aliphatic rings. The van der Waals surface area contributed by atoms with E-state index in [2.05, 4.69) is 5.32 Å². The van der Waals surface area contributed by atoms with Gasteiger partial charge >= 0.3 is 0 Å². The molecule has 2 aromatic carbocycles. The van der Waals surface area contributed by atoms with Crippen molar-refractivity contribution in [3.05, 3.63) is 53.3 Å². The third-order valence-electron chi connectivity index (χ3n) is 2.39. The number of halogens is 2. The van der Waals surface area contributed by atoms with Crippen molar-refractivity contribution in [2.75, 3.05) is 11.1 Å². The molecular formula is C14H11ClFNO2S. The zero-order valence-corrected chi connectivity index (χ0v) is 11.8. The average Bonchev–Trinajstić information content (AvgIpc) is 2.40. The predicted octanol–water partition coefficient (Wildman–Crippen LogP) is 3.92. The molecule has 6 heteroatoms. The lowest BCUT2D eigenvalue weighted by Crippen LogP contribution is -2.14. The molecule has 0 aliphatic carbocycles. The number of benzene rings is 2. The second-order valence-electron chi connectivity index (χ2n) is 3.96. The van der Waals surface area contributed by atoms with Crippen LogP contribution in [0.2, 0.25) is 5.02 Å². The van der Waals surface area contributed by atoms with Crippen LogP contribution in [-0.4, -0.2) is 16.8 Å². The molecular weight excluding hydrogens is 301 g/mol. The molecule has 0 heterocycles. The number of thioether (sulfide) groups is 1. The highest BCUT2D eigenvalue weighted by atomic mass is 35.5. The van der Waals surface area contributed by atoms with Crippen molar-refractivity contribution < 1.29 is 14.3 Å². The smallest absolute Gasteiger partial charge is 0.234 e. The van der Waals surface area contributed by atoms with E-state index in [0.29, 0.717) is 0 Å². The number of amides is 1. The fourth-order valence-electron chi connectivity index (χ4n) is 1.50. The Morgan fingerprint density at radius 3 is 2.80 bits per heavy atom. The lowest BCUT2D eigenvalue weighted by Gasteiger charge is -2.06. The van der Waals surface area contributed by atoms with Gasteiger partial charge in [-0.2, -0.15) is 0 Å². The van der Waals surface area contributed by atoms with Crippen LogP contribution in [0, 0.1) is 5.82 Å². The molecule has 20 heavy (non-hydrogen) atoms. The Balaban J connectivity index is 1.92. The summed E-state index contributed by atoms with van der Waals surface area (Å²) in [6.45, 7) is 0. The molecule has 0 unspecified atom stereocenters. The Kier molecular flexibility index (Phi) is 4.87. The van der Waals surface area contributed by atoms with Gasteiger partial charge in [0.05, 0.1) is 11.4 Å². The van der Waals surface area contributed by atoms with Crippen molar-refractivity contribution >= 4 is 35.0 Å². The van der Waals surface area contributed by atoms with Gasteiger partial charge in [-0.15, -0.1) is 11.8 Å². The molecule has 0 saturated carbocycles. The van der Waals surface area contributed by atoms with E-state index in [1.807, 2.05) is 0 Å². The standard InChI is InChI=1S/C14H11ClFNO2S/c15-9-4-5-13(12(16)6-9)17-14(19)8-20-11-3-1-2-10(18)7-11/h1-7,18H,8H2,(H,17,19). The number of aromatic hydroxyl groups is 1. The van der Waals surface area contributed by atoms with Gasteiger partial charge in [-0.3, -0.25) is 4.79 Å². The highest BCUT2D eigenvalue weighted by Crippen LogP contribution is 2.23. The van der Waals surface area contributed by atoms with E-state index in [0.717, 1.165) is 11.0 Å². The van der Waals surface area contributed by atoms with E-state index in [4.69, 9.17) is 11.6 Å². The minimum atomic E-state index is -0.576. The summed E-state index contributed by atoms with van der Waals surface area (Å²) < 4.78 is 13.5. The third kappa shape index (κ3) is 4.15. The number of phenolic OH excluding ortho intramolecular Hbond substituents is 1. The number of hydrogen-bond donors (Lipinski definition) is 2. The Hall–Kier alpha value is -1.72. The van der Waals surface area contributed by atoms with Crippen molar-refractivity contribution in [2.24, 2.45) is 0 Å². The zero-order valence-electron chi connectivity index (χ0n) is 10.3. The summed E-state index contributed by atoms with van der Waals surface area (Å²) in [5.74, 6) is -0.655. The molecule has 0 bridgehead atoms. The van der Waals surface area contributed by atoms with Crippen LogP contribution in [0.5, 0.6) is 5.75 Å². The molecule has 104 valence electrons. The molecule has 2 rings (SSSR count). The normalized spacial score (nSPS) is 10.3. The molecule has 1 amide bonds. The minimum absolute atomic E-state index is 0.0934. The van der Waals surface area contributed by atoms with Crippen LogP contribution in [0.4, 0.5) is 10.1 Å². The highest BCUT2D eigenvalue weighted by Gasteiger charge is 2.08. The van der Waals surface area contributed by atoms with Crippen molar-refractivity contribution in [1.29, 1.82) is 0 Å². The molecule has 3 nitrogen and oxygen atoms in total. The second-order valence-corrected chi connectivity index (χ2v) is 5.44. The fraction of sp³-hybridized carbons (Fsp3) is 0.0714. The number of carbonyl (C=O) groups is 1. The van der Waals surface area contributed by atoms with Gasteiger partial charge in [-0.25, -0.2) is 4.39 Å². The predicted molar refractivity (Wildman–Crippen MR) is 78.9 cm³/mol. The topological polar surface area (TPSA) is 49.3 Å². The lowest BCUT2D eigenvalue weighted by atomic mass is 10.3. The highest BCUT2D eigenvalue weighted by molar-refractivity contribution is 8.00. The van der Waals surface area contributed by atoms with E-state index in [-0.39, 0.29) is 28.1 Å². The number of nitrogens with one attached hydrogen (secondary N) is 1. The van der Waals surface area contributed by atoms with E-state index < -0.39 is 5.82 Å². The van der Waals surface area contributed by atoms with Crippen LogP contribution in [0.15, 0.2) is 47.4 Å². The first-order valence-corrected chi connectivity index (χ1v) is 7.08. The summed E-state index contributed by atoms with van der Waals surface area (Å²) >= 11 is 6.88. The first kappa shape index (κ1) is 14.7. The maximum absolute atomic E-state index is 13.5. The van der Waals surface area contributed by atoms with Crippen LogP contribution in [-0.2, 0) is 4.79 Å². The quantitative estimate of drug-likeness (QED) is 0.842. The first-order chi connectivity index (χ1) is 9.54. The third-order valence-corrected chi connectivity index (χ3v) is 3.62. The van der Waals surface area contributed by atoms with Crippen LogP contribution < -0.4 is 5.32 Å². The number of hydrogen-bond acceptors (Lipinski definition) is 3. The van der Waals surface area contributed by atoms with Crippen molar-refractivity contribution in [3.8, 4) is 5.75 Å². The molecule has 0 atom stereocenters. The van der Waals surface area contributed by atoms with Crippen LogP contribution >= 0.6 is 23.4 Å². The number of anilines is 1. The Morgan fingerprint density at radius 2 is 2.10 bits per heavy atom. The summed E-state index contributed by atoms with van der Waals surface area (Å²) in [6, 6.07) is 10.6. The van der Waals surface area contributed by atoms with Gasteiger partial charge < -0.3 is 10.4 Å². The molecule has 0 aliphatic heterocycles. The summed E-state index contributed by atoms with van der Waals surface area (Å²) in [5, 5.41) is 12.0. The maximum Gasteiger partial charge on any atom is 0.234 e. The van der Waals surface area contributed by atoms with E-state index >= 15 is 0 Å². The van der Waals surface area contributed by atoms with Gasteiger partial charge in [0, 0.05) is 9.92 Å². The average molecular weight is 312 g/mol. The van der Waals surface area contributed by atoms with Crippen molar-refractivity contribution in [1.82, 2.24) is 0 Å². The molecule has 0 aromatic heterocycles. The fourth-order valence-corrected chi connectivity index (χ4v) is 2.41. The van der Waals surface area contributed by atoms with Gasteiger partial charge in [0.1, 0.15) is 11.6 Å². The Labute approximate surface area is 124 Å². The maximum atomic E-state index is 13.5. The van der Waals surface area contributed by atoms with Crippen LogP contribution in [0.3, 0.4) is 0 Å². The first-order valence-electron chi connectivity index (χ1n) is 5.71. The summed E-state index contributed by atoms with van der Waals surface area (Å²) in [7, 11) is 0. The molecule has 0 spiro atoms. The minimum Gasteiger partial charge on any atom is -0.508 e. The molecule has 0 fully saturated rings. The van der Waals surface area contributed by atoms with Gasteiger partial charge in [0.25, 0.3) is 0 Å². The number of carbonyl (C=O) groups excluding carboxylic acids is 1. The van der Waals surface area contributed by atoms with Crippen LogP contribution in [0.25, 0.3) is 0 Å². The lowest BCUT2D eigenvalue weighted by molar-refractivity contribution is -0.113. The second kappa shape index (κ2) is 6.63. The summed E-state index contributed by atoms with van der Waals surface area (Å²) in [4.78, 5) is 12.5. The van der Waals surface area contributed by atoms with Crippen molar-refractivity contribution in [3.63, 3.8) is 0 Å². The summed E-state index contributed by atoms with van der Waals surface area (Å²) in [6.07, 6.45) is 0. The van der Waals surface area contributed by atoms with E-state index in [1.54, 1.807) is 24.3 Å². The molecule has 0 radical (unpaired) electrons. The monoisotopic (exact) mass is 311 g/mol. The number of rotatable bonds is 4. The van der Waals surface area contributed by atoms with Gasteiger partial charge in [-0.05, 0) is 36.4 Å². The van der Waals surface area contributed by atoms with Crippen LogP contribution in [0.1, 0.15) is 0 Å². The Bertz CT molecular complexity index is 636. The van der Waals surface area contributed by atoms with E-state index in [1.165, 1.54) is 23.9 Å². The van der Waals surface area contributed by atoms with E-state index in [9.17, 15) is 14.3 Å². The summed E-state index contributed by atoms with van der Waals surface area (Å²) in [5.41, 5.74) is 0.0934. The Morgan fingerprint density at radius 1 is 1.30 bits per heavy atom. The van der Waals surface area contributed by atoms with Gasteiger partial charge in [0.15, 0.2) is 0 Å². The molecule has 2 N–H and O–H groups in total. The largest absolute Gasteiger partial charge is 0.508 e. The van der Waals surface area contributed by atoms with Gasteiger partial charge in [-0.1, -0.05) is 17.7 Å². The molecule has 2 aromatic rings. The van der Waals surface area contributed by atoms with Gasteiger partial charge in [0.2, 0.25) is 5.91 Å². The van der Waals surface area contributed by atoms with Crippen molar-refractivity contribution in [2.45, 2.75) is 4.90 Å². The molecule has 0 saturated heterocycles. The SMILES string of the molecule is O=C(CSc1cccc(O)c1)Nc1ccc(Cl)cc1F.